The summed E-state index contributed by atoms with van der Waals surface area (Å²) in [6.45, 7) is -2.96. The van der Waals surface area contributed by atoms with Crippen molar-refractivity contribution in [2.75, 3.05) is 14.2 Å². The lowest BCUT2D eigenvalue weighted by Gasteiger charge is -2.09. The van der Waals surface area contributed by atoms with Crippen molar-refractivity contribution in [2.24, 2.45) is 5.10 Å². The van der Waals surface area contributed by atoms with Gasteiger partial charge in [-0.1, -0.05) is 0 Å². The van der Waals surface area contributed by atoms with Gasteiger partial charge >= 0.3 is 12.7 Å². The van der Waals surface area contributed by atoms with Crippen LogP contribution in [0.4, 0.5) is 13.6 Å². The van der Waals surface area contributed by atoms with Crippen molar-refractivity contribution in [3.05, 3.63) is 23.8 Å². The molecule has 0 unspecified atom stereocenters. The Hall–Kier alpha value is -2.38. The highest BCUT2D eigenvalue weighted by Crippen LogP contribution is 2.28. The minimum absolute atomic E-state index is 0.125. The first-order valence-electron chi connectivity index (χ1n) is 5.06. The number of hydrogen-bond donors (Lipinski definition) is 1. The number of carbonyl (C=O) groups is 1. The first kappa shape index (κ1) is 14.7. The Balaban J connectivity index is 2.82. The number of hydrogen-bond acceptors (Lipinski definition) is 5. The summed E-state index contributed by atoms with van der Waals surface area (Å²) in [4.78, 5) is 10.7. The van der Waals surface area contributed by atoms with Gasteiger partial charge in [0.05, 0.1) is 20.4 Å². The molecule has 0 radical (unpaired) electrons. The summed E-state index contributed by atoms with van der Waals surface area (Å²) in [5, 5.41) is 3.55. The fourth-order valence-electron chi connectivity index (χ4n) is 1.17. The maximum Gasteiger partial charge on any atom is 0.427 e. The second kappa shape index (κ2) is 7.14. The number of carbonyl (C=O) groups excluding carboxylic acids is 1. The van der Waals surface area contributed by atoms with Crippen LogP contribution in [0.2, 0.25) is 0 Å². The standard InChI is InChI=1S/C11H12F2N2O4/c1-17-8-4-3-7(5-9(8)19-10(12)13)6-14-15-11(16)18-2/h3-6,10H,1-2H3,(H,15,16)/b14-6-. The number of halogens is 2. The number of nitrogens with zero attached hydrogens (tertiary/aromatic N) is 1. The van der Waals surface area contributed by atoms with Gasteiger partial charge < -0.3 is 14.2 Å². The van der Waals surface area contributed by atoms with E-state index >= 15 is 0 Å². The molecule has 1 rings (SSSR count). The van der Waals surface area contributed by atoms with Gasteiger partial charge in [0.2, 0.25) is 0 Å². The molecule has 1 aromatic carbocycles. The smallest absolute Gasteiger partial charge is 0.427 e. The molecule has 0 saturated heterocycles. The number of ether oxygens (including phenoxy) is 3. The van der Waals surface area contributed by atoms with E-state index in [1.54, 1.807) is 6.07 Å². The summed E-state index contributed by atoms with van der Waals surface area (Å²) in [6, 6.07) is 4.30. The van der Waals surface area contributed by atoms with Gasteiger partial charge in [0.15, 0.2) is 11.5 Å². The Morgan fingerprint density at radius 3 is 2.68 bits per heavy atom. The third-order valence-electron chi connectivity index (χ3n) is 1.96. The van der Waals surface area contributed by atoms with Crippen molar-refractivity contribution in [3.8, 4) is 11.5 Å². The van der Waals surface area contributed by atoms with Gasteiger partial charge in [-0.3, -0.25) is 0 Å². The highest BCUT2D eigenvalue weighted by atomic mass is 19.3. The fourth-order valence-corrected chi connectivity index (χ4v) is 1.17. The van der Waals surface area contributed by atoms with Crippen LogP contribution < -0.4 is 14.9 Å². The second-order valence-corrected chi connectivity index (χ2v) is 3.15. The van der Waals surface area contributed by atoms with E-state index < -0.39 is 12.7 Å². The largest absolute Gasteiger partial charge is 0.493 e. The Morgan fingerprint density at radius 2 is 2.11 bits per heavy atom. The molecule has 0 fully saturated rings. The van der Waals surface area contributed by atoms with Crippen molar-refractivity contribution in [3.63, 3.8) is 0 Å². The maximum absolute atomic E-state index is 12.2. The molecular weight excluding hydrogens is 262 g/mol. The maximum atomic E-state index is 12.2. The Bertz CT molecular complexity index is 466. The van der Waals surface area contributed by atoms with Crippen LogP contribution in [-0.4, -0.2) is 33.1 Å². The van der Waals surface area contributed by atoms with Crippen LogP contribution in [0.15, 0.2) is 23.3 Å². The first-order valence-corrected chi connectivity index (χ1v) is 5.06. The van der Waals surface area contributed by atoms with Crippen LogP contribution in [0.25, 0.3) is 0 Å². The molecule has 0 aliphatic rings. The number of rotatable bonds is 5. The van der Waals surface area contributed by atoms with Gasteiger partial charge in [-0.05, 0) is 23.8 Å². The van der Waals surface area contributed by atoms with Crippen molar-refractivity contribution in [1.29, 1.82) is 0 Å². The SMILES string of the molecule is COC(=O)N/N=C\c1ccc(OC)c(OC(F)F)c1. The lowest BCUT2D eigenvalue weighted by molar-refractivity contribution is -0.0512. The summed E-state index contributed by atoms with van der Waals surface area (Å²) in [5.41, 5.74) is 2.50. The fraction of sp³-hybridized carbons (Fsp3) is 0.273. The number of hydrazone groups is 1. The van der Waals surface area contributed by atoms with E-state index in [9.17, 15) is 13.6 Å². The van der Waals surface area contributed by atoms with Crippen molar-refractivity contribution in [1.82, 2.24) is 5.43 Å². The zero-order valence-corrected chi connectivity index (χ0v) is 10.2. The molecule has 0 saturated carbocycles. The molecule has 1 amide bonds. The van der Waals surface area contributed by atoms with Crippen LogP contribution in [0.5, 0.6) is 11.5 Å². The highest BCUT2D eigenvalue weighted by Gasteiger charge is 2.10. The van der Waals surface area contributed by atoms with E-state index in [0.29, 0.717) is 5.56 Å². The van der Waals surface area contributed by atoms with Gasteiger partial charge in [0.1, 0.15) is 0 Å². The van der Waals surface area contributed by atoms with E-state index in [4.69, 9.17) is 4.74 Å². The number of amides is 1. The Morgan fingerprint density at radius 1 is 1.37 bits per heavy atom. The average Bonchev–Trinajstić information content (AvgIpc) is 2.38. The summed E-state index contributed by atoms with van der Waals surface area (Å²) >= 11 is 0. The molecule has 0 aliphatic heterocycles. The van der Waals surface area contributed by atoms with Crippen LogP contribution in [0.1, 0.15) is 5.56 Å². The number of benzene rings is 1. The van der Waals surface area contributed by atoms with Gasteiger partial charge in [-0.15, -0.1) is 0 Å². The van der Waals surface area contributed by atoms with E-state index in [1.807, 2.05) is 0 Å². The second-order valence-electron chi connectivity index (χ2n) is 3.15. The molecule has 0 atom stereocenters. The van der Waals surface area contributed by atoms with Crippen molar-refractivity contribution < 1.29 is 27.8 Å². The van der Waals surface area contributed by atoms with Gasteiger partial charge in [-0.2, -0.15) is 13.9 Å². The molecule has 0 bridgehead atoms. The summed E-state index contributed by atoms with van der Waals surface area (Å²) in [6.07, 6.45) is 0.503. The Kier molecular flexibility index (Phi) is 5.52. The molecule has 8 heteroatoms. The van der Waals surface area contributed by atoms with Crippen LogP contribution in [0.3, 0.4) is 0 Å². The van der Waals surface area contributed by atoms with Crippen molar-refractivity contribution >= 4 is 12.3 Å². The molecule has 0 spiro atoms. The summed E-state index contributed by atoms with van der Waals surface area (Å²) < 4.78 is 37.8. The van der Waals surface area contributed by atoms with Crippen molar-refractivity contribution in [2.45, 2.75) is 6.61 Å². The number of methoxy groups -OCH3 is 2. The molecular formula is C11H12F2N2O4. The Labute approximate surface area is 108 Å². The lowest BCUT2D eigenvalue weighted by Crippen LogP contribution is -2.16. The van der Waals surface area contributed by atoms with Gasteiger partial charge in [-0.25, -0.2) is 10.2 Å². The molecule has 104 valence electrons. The molecule has 6 nitrogen and oxygen atoms in total. The third kappa shape index (κ3) is 4.78. The van der Waals surface area contributed by atoms with Crippen LogP contribution in [0, 0.1) is 0 Å². The number of nitrogens with one attached hydrogen (secondary N) is 1. The monoisotopic (exact) mass is 274 g/mol. The van der Waals surface area contributed by atoms with Gasteiger partial charge in [0, 0.05) is 0 Å². The predicted molar refractivity (Wildman–Crippen MR) is 62.8 cm³/mol. The average molecular weight is 274 g/mol. The normalized spacial score (nSPS) is 10.6. The van der Waals surface area contributed by atoms with E-state index in [2.05, 4.69) is 20.0 Å². The highest BCUT2D eigenvalue weighted by molar-refractivity contribution is 5.82. The third-order valence-corrected chi connectivity index (χ3v) is 1.96. The zero-order valence-electron chi connectivity index (χ0n) is 10.2. The van der Waals surface area contributed by atoms with E-state index in [0.717, 1.165) is 0 Å². The molecule has 0 aromatic heterocycles. The van der Waals surface area contributed by atoms with Gasteiger partial charge in [0.25, 0.3) is 0 Å². The van der Waals surface area contributed by atoms with E-state index in [1.165, 1.54) is 32.6 Å². The quantitative estimate of drug-likeness (QED) is 0.658. The minimum Gasteiger partial charge on any atom is -0.493 e. The molecule has 19 heavy (non-hydrogen) atoms. The molecule has 0 aliphatic carbocycles. The zero-order chi connectivity index (χ0) is 14.3. The van der Waals surface area contributed by atoms with Crippen LogP contribution in [-0.2, 0) is 4.74 Å². The van der Waals surface area contributed by atoms with Crippen LogP contribution >= 0.6 is 0 Å². The first-order chi connectivity index (χ1) is 9.06. The van der Waals surface area contributed by atoms with E-state index in [-0.39, 0.29) is 11.5 Å². The summed E-state index contributed by atoms with van der Waals surface area (Å²) in [5.74, 6) is 0.0397. The topological polar surface area (TPSA) is 69.2 Å². The molecule has 1 aromatic rings. The predicted octanol–water partition coefficient (Wildman–Crippen LogP) is 1.99. The molecule has 1 N–H and O–H groups in total. The lowest BCUT2D eigenvalue weighted by atomic mass is 10.2. The minimum atomic E-state index is -2.96. The summed E-state index contributed by atoms with van der Waals surface area (Å²) in [7, 11) is 2.52. The molecule has 0 heterocycles. The number of alkyl halides is 2.